The van der Waals surface area contributed by atoms with Gasteiger partial charge in [0.25, 0.3) is 0 Å². The predicted molar refractivity (Wildman–Crippen MR) is 125 cm³/mol. The number of rotatable bonds is 18. The van der Waals surface area contributed by atoms with Crippen LogP contribution in [0.1, 0.15) is 12.6 Å². The quantitative estimate of drug-likeness (QED) is 0.202. The topological polar surface area (TPSA) is 134 Å². The van der Waals surface area contributed by atoms with Crippen LogP contribution in [-0.4, -0.2) is 118 Å². The zero-order chi connectivity index (χ0) is 24.7. The summed E-state index contributed by atoms with van der Waals surface area (Å²) in [6, 6.07) is 0. The Hall–Kier alpha value is -1.90. The van der Waals surface area contributed by atoms with Gasteiger partial charge in [-0.3, -0.25) is 9.69 Å². The van der Waals surface area contributed by atoms with Crippen LogP contribution in [0.15, 0.2) is 18.3 Å². The van der Waals surface area contributed by atoms with Gasteiger partial charge in [0.1, 0.15) is 0 Å². The molecule has 0 atom stereocenters. The van der Waals surface area contributed by atoms with Crippen LogP contribution >= 0.6 is 0 Å². The summed E-state index contributed by atoms with van der Waals surface area (Å²) in [4.78, 5) is 13.3. The van der Waals surface area contributed by atoms with Crippen molar-refractivity contribution in [3.63, 3.8) is 0 Å². The third kappa shape index (κ3) is 12.5. The van der Waals surface area contributed by atoms with E-state index in [0.29, 0.717) is 91.2 Å². The van der Waals surface area contributed by atoms with Gasteiger partial charge in [0.05, 0.1) is 76.6 Å². The minimum atomic E-state index is -2.87. The van der Waals surface area contributed by atoms with Crippen LogP contribution in [0, 0.1) is 0 Å². The lowest BCUT2D eigenvalue weighted by molar-refractivity contribution is -0.117. The normalized spacial score (nSPS) is 15.9. The fourth-order valence-corrected chi connectivity index (χ4v) is 4.24. The van der Waals surface area contributed by atoms with Gasteiger partial charge in [-0.2, -0.15) is 0 Å². The molecule has 0 saturated carbocycles. The summed E-state index contributed by atoms with van der Waals surface area (Å²) in [5.74, 6) is 0.242. The third-order valence-electron chi connectivity index (χ3n) is 4.91. The SMILES string of the molecule is C=C(C)C(=O)NCCOCCOCCOCCOCCn1cc(CN2CCS(=O)(=O)CC2)nn1. The van der Waals surface area contributed by atoms with Crippen molar-refractivity contribution in [3.8, 4) is 0 Å². The monoisotopic (exact) mass is 503 g/mol. The Morgan fingerprint density at radius 3 is 2.15 bits per heavy atom. The molecular formula is C21H37N5O7S. The number of ether oxygens (including phenoxy) is 4. The number of nitrogens with one attached hydrogen (secondary N) is 1. The average molecular weight is 504 g/mol. The lowest BCUT2D eigenvalue weighted by Gasteiger charge is -2.25. The second kappa shape index (κ2) is 15.9. The standard InChI is InChI=1S/C21H37N5O7S/c1-19(2)21(27)22-3-7-30-9-11-32-13-14-33-12-10-31-8-4-26-18-20(23-24-26)17-25-5-15-34(28,29)16-6-25/h18H,1,3-17H2,2H3,(H,22,27). The number of nitrogens with zero attached hydrogens (tertiary/aromatic N) is 4. The molecule has 0 bridgehead atoms. The van der Waals surface area contributed by atoms with E-state index >= 15 is 0 Å². The lowest BCUT2D eigenvalue weighted by Crippen LogP contribution is -2.39. The summed E-state index contributed by atoms with van der Waals surface area (Å²) in [6.07, 6.45) is 1.86. The molecule has 2 rings (SSSR count). The number of carbonyl (C=O) groups excluding carboxylic acids is 1. The number of aromatic nitrogens is 3. The van der Waals surface area contributed by atoms with E-state index in [0.717, 1.165) is 5.69 Å². The molecule has 34 heavy (non-hydrogen) atoms. The van der Waals surface area contributed by atoms with Crippen molar-refractivity contribution in [2.45, 2.75) is 20.0 Å². The van der Waals surface area contributed by atoms with Crippen molar-refractivity contribution in [1.82, 2.24) is 25.2 Å². The van der Waals surface area contributed by atoms with Crippen LogP contribution < -0.4 is 5.32 Å². The molecule has 1 saturated heterocycles. The van der Waals surface area contributed by atoms with Crippen molar-refractivity contribution in [3.05, 3.63) is 24.0 Å². The fourth-order valence-electron chi connectivity index (χ4n) is 2.97. The number of amides is 1. The largest absolute Gasteiger partial charge is 0.377 e. The van der Waals surface area contributed by atoms with Gasteiger partial charge >= 0.3 is 0 Å². The van der Waals surface area contributed by atoms with Gasteiger partial charge in [-0.25, -0.2) is 13.1 Å². The molecule has 0 aliphatic carbocycles. The molecule has 0 radical (unpaired) electrons. The molecule has 0 spiro atoms. The Kier molecular flexibility index (Phi) is 13.3. The molecule has 1 aliphatic rings. The number of hydrogen-bond donors (Lipinski definition) is 1. The second-order valence-electron chi connectivity index (χ2n) is 7.89. The zero-order valence-electron chi connectivity index (χ0n) is 19.9. The fraction of sp³-hybridized carbons (Fsp3) is 0.762. The predicted octanol–water partition coefficient (Wildman–Crippen LogP) is -0.733. The Labute approximate surface area is 201 Å². The third-order valence-corrected chi connectivity index (χ3v) is 6.52. The van der Waals surface area contributed by atoms with Crippen LogP contribution in [0.25, 0.3) is 0 Å². The van der Waals surface area contributed by atoms with Gasteiger partial charge in [0.2, 0.25) is 5.91 Å². The highest BCUT2D eigenvalue weighted by molar-refractivity contribution is 7.91. The lowest BCUT2D eigenvalue weighted by atomic mass is 10.3. The summed E-state index contributed by atoms with van der Waals surface area (Å²) >= 11 is 0. The van der Waals surface area contributed by atoms with Gasteiger partial charge in [-0.1, -0.05) is 11.8 Å². The minimum absolute atomic E-state index is 0.167. The highest BCUT2D eigenvalue weighted by Crippen LogP contribution is 2.07. The summed E-state index contributed by atoms with van der Waals surface area (Å²) < 4.78 is 46.5. The molecule has 0 aromatic carbocycles. The summed E-state index contributed by atoms with van der Waals surface area (Å²) in [5.41, 5.74) is 1.30. The molecule has 194 valence electrons. The smallest absolute Gasteiger partial charge is 0.246 e. The number of sulfone groups is 1. The first-order chi connectivity index (χ1) is 16.4. The maximum absolute atomic E-state index is 11.5. The Bertz CT molecular complexity index is 832. The molecule has 12 nitrogen and oxygen atoms in total. The van der Waals surface area contributed by atoms with E-state index in [1.54, 1.807) is 11.6 Å². The Morgan fingerprint density at radius 2 is 1.56 bits per heavy atom. The van der Waals surface area contributed by atoms with Gasteiger partial charge in [-0.15, -0.1) is 5.10 Å². The van der Waals surface area contributed by atoms with Gasteiger partial charge < -0.3 is 24.3 Å². The van der Waals surface area contributed by atoms with E-state index in [-0.39, 0.29) is 17.4 Å². The van der Waals surface area contributed by atoms with Crippen molar-refractivity contribution in [2.75, 3.05) is 84.0 Å². The second-order valence-corrected chi connectivity index (χ2v) is 10.2. The van der Waals surface area contributed by atoms with Crippen molar-refractivity contribution >= 4 is 15.7 Å². The maximum atomic E-state index is 11.5. The Morgan fingerprint density at radius 1 is 1.00 bits per heavy atom. The molecule has 2 heterocycles. The number of carbonyl (C=O) groups is 1. The molecule has 1 aliphatic heterocycles. The number of hydrogen-bond acceptors (Lipinski definition) is 10. The van der Waals surface area contributed by atoms with Crippen LogP contribution in [0.2, 0.25) is 0 Å². The minimum Gasteiger partial charge on any atom is -0.377 e. The van der Waals surface area contributed by atoms with E-state index in [1.807, 2.05) is 6.20 Å². The molecule has 1 amide bonds. The van der Waals surface area contributed by atoms with Crippen LogP contribution in [-0.2, 0) is 46.7 Å². The van der Waals surface area contributed by atoms with E-state index < -0.39 is 9.84 Å². The Balaban J connectivity index is 1.35. The summed E-state index contributed by atoms with van der Waals surface area (Å²) in [7, 11) is -2.87. The zero-order valence-corrected chi connectivity index (χ0v) is 20.8. The van der Waals surface area contributed by atoms with Gasteiger partial charge in [0, 0.05) is 37.9 Å². The first kappa shape index (κ1) is 28.3. The van der Waals surface area contributed by atoms with Gasteiger partial charge in [0.15, 0.2) is 9.84 Å². The molecule has 1 fully saturated rings. The van der Waals surface area contributed by atoms with Gasteiger partial charge in [-0.05, 0) is 6.92 Å². The highest BCUT2D eigenvalue weighted by Gasteiger charge is 2.22. The molecule has 1 aromatic heterocycles. The van der Waals surface area contributed by atoms with Crippen LogP contribution in [0.5, 0.6) is 0 Å². The highest BCUT2D eigenvalue weighted by atomic mass is 32.2. The first-order valence-corrected chi connectivity index (χ1v) is 13.2. The summed E-state index contributed by atoms with van der Waals surface area (Å²) in [6.45, 7) is 11.7. The van der Waals surface area contributed by atoms with E-state index in [2.05, 4.69) is 27.1 Å². The molecule has 1 N–H and O–H groups in total. The van der Waals surface area contributed by atoms with Crippen LogP contribution in [0.4, 0.5) is 0 Å². The molecular weight excluding hydrogens is 466 g/mol. The average Bonchev–Trinajstić information content (AvgIpc) is 3.24. The van der Waals surface area contributed by atoms with Crippen LogP contribution in [0.3, 0.4) is 0 Å². The molecule has 0 unspecified atom stereocenters. The maximum Gasteiger partial charge on any atom is 0.246 e. The molecule has 1 aromatic rings. The molecule has 13 heteroatoms. The first-order valence-electron chi connectivity index (χ1n) is 11.4. The summed E-state index contributed by atoms with van der Waals surface area (Å²) in [5, 5.41) is 10.9. The van der Waals surface area contributed by atoms with E-state index in [1.165, 1.54) is 0 Å². The van der Waals surface area contributed by atoms with E-state index in [9.17, 15) is 13.2 Å². The van der Waals surface area contributed by atoms with Crippen molar-refractivity contribution < 1.29 is 32.2 Å². The van der Waals surface area contributed by atoms with Crippen molar-refractivity contribution in [1.29, 1.82) is 0 Å². The van der Waals surface area contributed by atoms with E-state index in [4.69, 9.17) is 18.9 Å². The van der Waals surface area contributed by atoms with Crippen molar-refractivity contribution in [2.24, 2.45) is 0 Å².